The van der Waals surface area contributed by atoms with E-state index in [9.17, 15) is 9.59 Å². The molecular formula is C24H24Cl2N4O3S. The molecular weight excluding hydrogens is 495 g/mol. The molecule has 5 rings (SSSR count). The second kappa shape index (κ2) is 10.3. The van der Waals surface area contributed by atoms with Crippen molar-refractivity contribution in [2.24, 2.45) is 0 Å². The molecule has 0 radical (unpaired) electrons. The van der Waals surface area contributed by atoms with Gasteiger partial charge in [0, 0.05) is 44.7 Å². The largest absolute Gasteiger partial charge is 0.422 e. The molecule has 1 fully saturated rings. The van der Waals surface area contributed by atoms with Crippen LogP contribution in [-0.2, 0) is 0 Å². The van der Waals surface area contributed by atoms with Gasteiger partial charge in [-0.1, -0.05) is 47.2 Å². The summed E-state index contributed by atoms with van der Waals surface area (Å²) < 4.78 is 6.29. The predicted octanol–water partition coefficient (Wildman–Crippen LogP) is 4.34. The number of nitrogens with zero attached hydrogens (tertiary/aromatic N) is 3. The monoisotopic (exact) mass is 518 g/mol. The summed E-state index contributed by atoms with van der Waals surface area (Å²) in [7, 11) is 0. The van der Waals surface area contributed by atoms with Crippen LogP contribution in [-0.4, -0.2) is 55.1 Å². The van der Waals surface area contributed by atoms with Gasteiger partial charge in [0.2, 0.25) is 0 Å². The van der Waals surface area contributed by atoms with Crippen molar-refractivity contribution in [1.29, 1.82) is 0 Å². The first-order chi connectivity index (χ1) is 16.0. The van der Waals surface area contributed by atoms with E-state index in [4.69, 9.17) is 21.0 Å². The van der Waals surface area contributed by atoms with Crippen LogP contribution in [0.4, 0.5) is 5.13 Å². The van der Waals surface area contributed by atoms with Crippen LogP contribution in [0.15, 0.2) is 51.7 Å². The van der Waals surface area contributed by atoms with Crippen LogP contribution < -0.4 is 15.8 Å². The molecule has 1 N–H and O–H groups in total. The number of aromatic nitrogens is 1. The summed E-state index contributed by atoms with van der Waals surface area (Å²) in [6.45, 7) is 6.69. The van der Waals surface area contributed by atoms with Crippen molar-refractivity contribution in [2.75, 3.05) is 44.2 Å². The third kappa shape index (κ3) is 4.90. The average Bonchev–Trinajstić information content (AvgIpc) is 3.28. The van der Waals surface area contributed by atoms with E-state index < -0.39 is 11.5 Å². The highest BCUT2D eigenvalue weighted by atomic mass is 35.5. The van der Waals surface area contributed by atoms with Gasteiger partial charge in [-0.05, 0) is 30.7 Å². The number of halogens is 2. The van der Waals surface area contributed by atoms with Crippen LogP contribution in [0, 0.1) is 6.92 Å². The van der Waals surface area contributed by atoms with E-state index >= 15 is 0 Å². The van der Waals surface area contributed by atoms with Gasteiger partial charge < -0.3 is 14.6 Å². The Morgan fingerprint density at radius 2 is 1.94 bits per heavy atom. The molecule has 1 aliphatic rings. The molecule has 34 heavy (non-hydrogen) atoms. The fraction of sp³-hybridized carbons (Fsp3) is 0.292. The fourth-order valence-corrected chi connectivity index (χ4v) is 5.40. The number of anilines is 1. The van der Waals surface area contributed by atoms with E-state index in [0.717, 1.165) is 57.5 Å². The summed E-state index contributed by atoms with van der Waals surface area (Å²) >= 11 is 7.99. The first kappa shape index (κ1) is 24.5. The first-order valence-corrected chi connectivity index (χ1v) is 12.0. The van der Waals surface area contributed by atoms with Crippen molar-refractivity contribution in [1.82, 2.24) is 15.2 Å². The zero-order valence-electron chi connectivity index (χ0n) is 18.5. The predicted molar refractivity (Wildman–Crippen MR) is 140 cm³/mol. The van der Waals surface area contributed by atoms with Crippen LogP contribution in [0.5, 0.6) is 0 Å². The molecule has 3 heterocycles. The Morgan fingerprint density at radius 1 is 1.18 bits per heavy atom. The Labute approximate surface area is 211 Å². The molecule has 0 spiro atoms. The normalized spacial score (nSPS) is 14.4. The number of hydrogen-bond donors (Lipinski definition) is 1. The zero-order valence-corrected chi connectivity index (χ0v) is 20.9. The average molecular weight is 519 g/mol. The third-order valence-corrected chi connectivity index (χ3v) is 7.50. The van der Waals surface area contributed by atoms with Gasteiger partial charge >= 0.3 is 5.63 Å². The second-order valence-electron chi connectivity index (χ2n) is 8.11. The summed E-state index contributed by atoms with van der Waals surface area (Å²) in [6, 6.07) is 12.7. The lowest BCUT2D eigenvalue weighted by Crippen LogP contribution is -2.48. The maximum atomic E-state index is 12.5. The molecule has 7 nitrogen and oxygen atoms in total. The highest BCUT2D eigenvalue weighted by molar-refractivity contribution is 7.22. The van der Waals surface area contributed by atoms with Crippen LogP contribution in [0.1, 0.15) is 15.9 Å². The lowest BCUT2D eigenvalue weighted by atomic mass is 10.2. The van der Waals surface area contributed by atoms with E-state index in [0.29, 0.717) is 18.7 Å². The number of piperazine rings is 1. The first-order valence-electron chi connectivity index (χ1n) is 10.8. The highest BCUT2D eigenvalue weighted by Gasteiger charge is 2.21. The molecule has 1 saturated heterocycles. The topological polar surface area (TPSA) is 78.7 Å². The SMILES string of the molecule is Cc1ccc(Cl)c2sc(N3CCN(CCNC(=O)c4cc5ccccc5oc4=O)CC3)nc12.Cl. The summed E-state index contributed by atoms with van der Waals surface area (Å²) in [5.41, 5.74) is 1.99. The number of fused-ring (bicyclic) bond motifs is 2. The zero-order chi connectivity index (χ0) is 22.9. The minimum Gasteiger partial charge on any atom is -0.422 e. The molecule has 1 amide bonds. The van der Waals surface area contributed by atoms with Crippen molar-refractivity contribution in [3.8, 4) is 0 Å². The third-order valence-electron chi connectivity index (χ3n) is 5.93. The van der Waals surface area contributed by atoms with E-state index in [1.807, 2.05) is 24.3 Å². The van der Waals surface area contributed by atoms with Gasteiger partial charge in [0.05, 0.1) is 15.2 Å². The molecule has 2 aromatic heterocycles. The van der Waals surface area contributed by atoms with E-state index in [1.165, 1.54) is 0 Å². The molecule has 1 aliphatic heterocycles. The van der Waals surface area contributed by atoms with E-state index in [-0.39, 0.29) is 18.0 Å². The number of aryl methyl sites for hydroxylation is 1. The second-order valence-corrected chi connectivity index (χ2v) is 9.49. The number of rotatable bonds is 5. The molecule has 0 saturated carbocycles. The molecule has 10 heteroatoms. The van der Waals surface area contributed by atoms with Crippen molar-refractivity contribution in [3.05, 3.63) is 69.0 Å². The van der Waals surface area contributed by atoms with Crippen molar-refractivity contribution >= 4 is 67.6 Å². The smallest absolute Gasteiger partial charge is 0.349 e. The van der Waals surface area contributed by atoms with Crippen LogP contribution in [0.25, 0.3) is 21.2 Å². The number of carbonyl (C=O) groups is 1. The Morgan fingerprint density at radius 3 is 2.71 bits per heavy atom. The minimum absolute atomic E-state index is 0. The van der Waals surface area contributed by atoms with Crippen LogP contribution >= 0.6 is 35.3 Å². The van der Waals surface area contributed by atoms with Crippen molar-refractivity contribution in [3.63, 3.8) is 0 Å². The number of carbonyl (C=O) groups excluding carboxylic acids is 1. The van der Waals surface area contributed by atoms with Gasteiger partial charge in [-0.3, -0.25) is 9.69 Å². The molecule has 0 aliphatic carbocycles. The van der Waals surface area contributed by atoms with E-state index in [2.05, 4.69) is 22.0 Å². The van der Waals surface area contributed by atoms with Gasteiger partial charge in [0.1, 0.15) is 11.1 Å². The van der Waals surface area contributed by atoms with Crippen LogP contribution in [0.2, 0.25) is 5.02 Å². The highest BCUT2D eigenvalue weighted by Crippen LogP contribution is 2.35. The fourth-order valence-electron chi connectivity index (χ4n) is 4.03. The van der Waals surface area contributed by atoms with Crippen LogP contribution in [0.3, 0.4) is 0 Å². The Bertz CT molecular complexity index is 1360. The number of thiazole rings is 1. The minimum atomic E-state index is -0.619. The maximum Gasteiger partial charge on any atom is 0.349 e. The molecule has 0 bridgehead atoms. The van der Waals surface area contributed by atoms with Gasteiger partial charge in [-0.25, -0.2) is 9.78 Å². The molecule has 0 atom stereocenters. The van der Waals surface area contributed by atoms with Crippen molar-refractivity contribution in [2.45, 2.75) is 6.92 Å². The number of para-hydroxylation sites is 1. The summed E-state index contributed by atoms with van der Waals surface area (Å²) in [6.07, 6.45) is 0. The Balaban J connectivity index is 0.00000274. The lowest BCUT2D eigenvalue weighted by Gasteiger charge is -2.34. The Hall–Kier alpha value is -2.65. The maximum absolute atomic E-state index is 12.5. The lowest BCUT2D eigenvalue weighted by molar-refractivity contribution is 0.0944. The summed E-state index contributed by atoms with van der Waals surface area (Å²) in [5, 5.41) is 5.31. The number of benzene rings is 2. The quantitative estimate of drug-likeness (QED) is 0.396. The van der Waals surface area contributed by atoms with Gasteiger partial charge in [0.25, 0.3) is 5.91 Å². The summed E-state index contributed by atoms with van der Waals surface area (Å²) in [4.78, 5) is 34.1. The van der Waals surface area contributed by atoms with E-state index in [1.54, 1.807) is 29.5 Å². The molecule has 178 valence electrons. The molecule has 2 aromatic carbocycles. The Kier molecular flexibility index (Phi) is 7.42. The number of nitrogens with one attached hydrogen (secondary N) is 1. The van der Waals surface area contributed by atoms with Gasteiger partial charge in [-0.2, -0.15) is 0 Å². The summed E-state index contributed by atoms with van der Waals surface area (Å²) in [5.74, 6) is -0.408. The van der Waals surface area contributed by atoms with Crippen molar-refractivity contribution < 1.29 is 9.21 Å². The number of hydrogen-bond acceptors (Lipinski definition) is 7. The molecule has 0 unspecified atom stereocenters. The number of amides is 1. The van der Waals surface area contributed by atoms with Gasteiger partial charge in [-0.15, -0.1) is 12.4 Å². The molecule has 4 aromatic rings. The standard InChI is InChI=1S/C24H23ClN4O3S.ClH/c1-15-6-7-18(25)21-20(15)27-24(33-21)29-12-10-28(11-13-29)9-8-26-22(30)17-14-16-4-2-3-5-19(16)32-23(17)31;/h2-7,14H,8-13H2,1H3,(H,26,30);1H. The van der Waals surface area contributed by atoms with Gasteiger partial charge in [0.15, 0.2) is 5.13 Å².